The molecule has 0 aliphatic carbocycles. The Hall–Kier alpha value is -1.47. The van der Waals surface area contributed by atoms with Crippen LogP contribution in [-0.4, -0.2) is 193 Å². The highest BCUT2D eigenvalue weighted by Gasteiger charge is 2.53. The second kappa shape index (κ2) is 52.8. The van der Waals surface area contributed by atoms with Gasteiger partial charge in [-0.15, -0.1) is 0 Å². The number of hydrogen-bond acceptors (Lipinski definition) is 18. The van der Waals surface area contributed by atoms with Crippen LogP contribution in [0.2, 0.25) is 0 Å². The first-order valence-corrected chi connectivity index (χ1v) is 36.4. The molecule has 12 N–H and O–H groups in total. The molecule has 19 nitrogen and oxygen atoms in total. The molecule has 17 unspecified atom stereocenters. The van der Waals surface area contributed by atoms with E-state index in [4.69, 9.17) is 28.4 Å². The lowest BCUT2D eigenvalue weighted by atomic mass is 9.96. The first kappa shape index (κ1) is 81.8. The van der Waals surface area contributed by atoms with Gasteiger partial charge in [-0.25, -0.2) is 0 Å². The summed E-state index contributed by atoms with van der Waals surface area (Å²) < 4.78 is 34.5. The van der Waals surface area contributed by atoms with Crippen LogP contribution in [0, 0.1) is 0 Å². The Morgan fingerprint density at radius 1 is 0.393 bits per heavy atom. The molecule has 0 saturated carbocycles. The van der Waals surface area contributed by atoms with Crippen molar-refractivity contribution in [1.82, 2.24) is 5.32 Å². The number of allylic oxidation sites excluding steroid dienone is 2. The average Bonchev–Trinajstić information content (AvgIpc) is 1.93. The molecule has 0 spiro atoms. The third-order valence-corrected chi connectivity index (χ3v) is 18.6. The number of hydrogen-bond donors (Lipinski definition) is 12. The van der Waals surface area contributed by atoms with Crippen LogP contribution in [0.1, 0.15) is 296 Å². The summed E-state index contributed by atoms with van der Waals surface area (Å²) in [7, 11) is 0. The number of carbonyl (C=O) groups is 1. The smallest absolute Gasteiger partial charge is 0.220 e. The number of amides is 1. The summed E-state index contributed by atoms with van der Waals surface area (Å²) >= 11 is 0. The van der Waals surface area contributed by atoms with Gasteiger partial charge in [0.2, 0.25) is 5.91 Å². The fourth-order valence-electron chi connectivity index (χ4n) is 12.7. The van der Waals surface area contributed by atoms with Gasteiger partial charge in [-0.2, -0.15) is 0 Å². The van der Waals surface area contributed by atoms with Crippen molar-refractivity contribution in [2.24, 2.45) is 0 Å². The molecule has 89 heavy (non-hydrogen) atoms. The Balaban J connectivity index is 1.42. The molecule has 17 atom stereocenters. The lowest BCUT2D eigenvalue weighted by Crippen LogP contribution is -2.66. The molecule has 3 rings (SSSR count). The Morgan fingerprint density at radius 2 is 0.708 bits per heavy atom. The van der Waals surface area contributed by atoms with Gasteiger partial charge >= 0.3 is 0 Å². The summed E-state index contributed by atoms with van der Waals surface area (Å²) in [5.41, 5.74) is 0. The van der Waals surface area contributed by atoms with Crippen molar-refractivity contribution in [1.29, 1.82) is 0 Å². The highest BCUT2D eigenvalue weighted by molar-refractivity contribution is 5.76. The third-order valence-electron chi connectivity index (χ3n) is 18.6. The zero-order valence-electron chi connectivity index (χ0n) is 55.7. The lowest BCUT2D eigenvalue weighted by molar-refractivity contribution is -0.379. The Bertz CT molecular complexity index is 1670. The molecule has 19 heteroatoms. The summed E-state index contributed by atoms with van der Waals surface area (Å²) in [6.45, 7) is 1.84. The zero-order chi connectivity index (χ0) is 64.7. The lowest BCUT2D eigenvalue weighted by Gasteiger charge is -2.48. The van der Waals surface area contributed by atoms with E-state index in [9.17, 15) is 61.0 Å². The normalized spacial score (nSPS) is 28.2. The van der Waals surface area contributed by atoms with E-state index in [1.54, 1.807) is 0 Å². The minimum absolute atomic E-state index is 0.240. The van der Waals surface area contributed by atoms with Gasteiger partial charge in [-0.05, 0) is 38.5 Å². The number of aliphatic hydroxyl groups is 11. The van der Waals surface area contributed by atoms with Crippen molar-refractivity contribution in [3.63, 3.8) is 0 Å². The molecule has 1 amide bonds. The van der Waals surface area contributed by atoms with Crippen LogP contribution < -0.4 is 5.32 Å². The van der Waals surface area contributed by atoms with E-state index < -0.39 is 124 Å². The van der Waals surface area contributed by atoms with Crippen LogP contribution in [0.25, 0.3) is 0 Å². The number of ether oxygens (including phenoxy) is 6. The predicted molar refractivity (Wildman–Crippen MR) is 347 cm³/mol. The van der Waals surface area contributed by atoms with Gasteiger partial charge in [-0.1, -0.05) is 264 Å². The highest BCUT2D eigenvalue weighted by Crippen LogP contribution is 2.33. The molecule has 0 radical (unpaired) electrons. The molecule has 3 fully saturated rings. The molecular formula is C70H133NO18. The molecule has 0 aromatic heterocycles. The molecule has 0 aromatic carbocycles. The first-order valence-electron chi connectivity index (χ1n) is 36.4. The number of unbranched alkanes of at least 4 members (excludes halogenated alkanes) is 39. The van der Waals surface area contributed by atoms with Crippen LogP contribution in [0.4, 0.5) is 0 Å². The van der Waals surface area contributed by atoms with Crippen molar-refractivity contribution in [3.8, 4) is 0 Å². The summed E-state index contributed by atoms with van der Waals surface area (Å²) in [4.78, 5) is 13.4. The number of nitrogens with one attached hydrogen (secondary N) is 1. The largest absolute Gasteiger partial charge is 0.394 e. The van der Waals surface area contributed by atoms with Crippen molar-refractivity contribution in [3.05, 3.63) is 12.2 Å². The molecule has 526 valence electrons. The van der Waals surface area contributed by atoms with Gasteiger partial charge in [0.1, 0.15) is 73.2 Å². The van der Waals surface area contributed by atoms with Crippen molar-refractivity contribution >= 4 is 5.91 Å². The Morgan fingerprint density at radius 3 is 1.09 bits per heavy atom. The third kappa shape index (κ3) is 34.7. The highest BCUT2D eigenvalue weighted by atomic mass is 16.8. The van der Waals surface area contributed by atoms with E-state index >= 15 is 0 Å². The maximum Gasteiger partial charge on any atom is 0.220 e. The molecule has 0 aromatic rings. The fourth-order valence-corrected chi connectivity index (χ4v) is 12.7. The first-order chi connectivity index (χ1) is 43.3. The topological polar surface area (TPSA) is 307 Å². The van der Waals surface area contributed by atoms with E-state index in [0.717, 1.165) is 51.4 Å². The Kier molecular flexibility index (Phi) is 48.5. The molecular weight excluding hydrogens is 1140 g/mol. The van der Waals surface area contributed by atoms with E-state index in [2.05, 4.69) is 31.3 Å². The van der Waals surface area contributed by atoms with Gasteiger partial charge in [0.05, 0.1) is 38.6 Å². The van der Waals surface area contributed by atoms with Gasteiger partial charge in [-0.3, -0.25) is 4.79 Å². The number of aliphatic hydroxyl groups excluding tert-OH is 11. The van der Waals surface area contributed by atoms with Crippen molar-refractivity contribution in [2.45, 2.75) is 401 Å². The van der Waals surface area contributed by atoms with Crippen LogP contribution in [0.5, 0.6) is 0 Å². The minimum atomic E-state index is -1.97. The molecule has 3 saturated heterocycles. The van der Waals surface area contributed by atoms with E-state index in [1.165, 1.54) is 212 Å². The second-order valence-corrected chi connectivity index (χ2v) is 26.4. The van der Waals surface area contributed by atoms with E-state index in [1.807, 2.05) is 0 Å². The average molecular weight is 1280 g/mol. The maximum absolute atomic E-state index is 13.4. The molecule has 3 aliphatic heterocycles. The summed E-state index contributed by atoms with van der Waals surface area (Å²) in [5.74, 6) is -0.240. The summed E-state index contributed by atoms with van der Waals surface area (Å²) in [6.07, 6.45) is 31.4. The van der Waals surface area contributed by atoms with Crippen molar-refractivity contribution < 1.29 is 89.4 Å². The summed E-state index contributed by atoms with van der Waals surface area (Å²) in [5, 5.41) is 121. The standard InChI is InChI=1S/C70H133NO18/c1-3-5-7-9-11-13-15-17-19-21-23-25-26-28-29-31-33-35-37-39-41-43-45-47-54(75)53(71-58(76)48-46-44-42-40-38-36-34-32-30-27-24-22-20-18-16-14-12-10-8-6-4-2)52-84-68-64(82)61(79)66(56(50-73)86-68)89-70-65(83)62(80)67(57(51-74)87-70)88-69-63(81)60(78)59(77)55(49-72)85-69/h22,24,53-57,59-70,72-75,77-83H,3-21,23,25-52H2,1-2H3,(H,71,76)/b24-22-. The summed E-state index contributed by atoms with van der Waals surface area (Å²) in [6, 6.07) is -0.886. The fraction of sp³-hybridized carbons (Fsp3) is 0.957. The van der Waals surface area contributed by atoms with E-state index in [-0.39, 0.29) is 18.9 Å². The van der Waals surface area contributed by atoms with E-state index in [0.29, 0.717) is 12.8 Å². The van der Waals surface area contributed by atoms with Crippen LogP contribution in [0.3, 0.4) is 0 Å². The predicted octanol–water partition coefficient (Wildman–Crippen LogP) is 10.1. The molecule has 3 heterocycles. The number of carbonyl (C=O) groups excluding carboxylic acids is 1. The Labute approximate surface area is 537 Å². The second-order valence-electron chi connectivity index (χ2n) is 26.4. The monoisotopic (exact) mass is 1280 g/mol. The van der Waals surface area contributed by atoms with Crippen molar-refractivity contribution in [2.75, 3.05) is 26.4 Å². The van der Waals surface area contributed by atoms with Gasteiger partial charge in [0, 0.05) is 6.42 Å². The minimum Gasteiger partial charge on any atom is -0.394 e. The molecule has 3 aliphatic rings. The number of rotatable bonds is 57. The SMILES string of the molecule is CCCCCCCCCC/C=C\CCCCCCCCCCCC(=O)NC(COC1OC(CO)C(OC2OC(CO)C(OC3OC(CO)C(O)C(O)C3O)C(O)C2O)C(O)C1O)C(O)CCCCCCCCCCCCCCCCCCCCCCCCC. The van der Waals surface area contributed by atoms with Crippen LogP contribution in [0.15, 0.2) is 12.2 Å². The van der Waals surface area contributed by atoms with Crippen LogP contribution >= 0.6 is 0 Å². The molecule has 0 bridgehead atoms. The zero-order valence-corrected chi connectivity index (χ0v) is 55.7. The van der Waals surface area contributed by atoms with Crippen LogP contribution in [-0.2, 0) is 33.2 Å². The van der Waals surface area contributed by atoms with Gasteiger partial charge in [0.15, 0.2) is 18.9 Å². The maximum atomic E-state index is 13.4. The quantitative estimate of drug-likeness (QED) is 0.0199. The van der Waals surface area contributed by atoms with Gasteiger partial charge < -0.3 is 89.9 Å². The van der Waals surface area contributed by atoms with Gasteiger partial charge in [0.25, 0.3) is 0 Å².